The Labute approximate surface area is 517 Å². The van der Waals surface area contributed by atoms with Crippen molar-refractivity contribution < 1.29 is 39.2 Å². The van der Waals surface area contributed by atoms with Crippen LogP contribution in [0.5, 0.6) is 17.2 Å². The molecule has 4 N–H and O–H groups in total. The Balaban J connectivity index is 0.704. The standard InChI is InChI=1S/C73H70N8O8/c82-42-54-16-18-56(78-76-54)44-89-61-24-11-47(12-25-61)71-63(27-14-50-38-59(84)21-30-65(50)71)48-7-4-8-51(35-48)68-41-79(57-19-28-66-52(36-57)39-81(73(66)87)67-31-32-69(85)74-72(67)86)33-34-80(68)40-53-15-17-55(77-75-53)43-88-60-22-9-46(10-23-60)70-62(45-5-2-1-3-6-45)26-13-49-37-58(83)20-29-64(49)70/h1-9,11-12,15-25,28-30,35-38,46,62-63,67-68,70-71,82-84H,10,13-14,26-27,31-34,39-44H2,(H,74,85,86)/t46?,62-,63-,67?,68?,70+,71+/m1/s1. The van der Waals surface area contributed by atoms with Gasteiger partial charge in [0, 0.05) is 56.3 Å². The Bertz CT molecular complexity index is 4010. The Morgan fingerprint density at radius 1 is 0.584 bits per heavy atom. The second kappa shape index (κ2) is 24.9. The van der Waals surface area contributed by atoms with Crippen LogP contribution >= 0.6 is 0 Å². The number of ether oxygens (including phenoxy) is 2. The molecular formula is C73H70N8O8. The number of fused-ring (bicyclic) bond motifs is 3. The summed E-state index contributed by atoms with van der Waals surface area (Å²) in [5.74, 6) is 2.15. The van der Waals surface area contributed by atoms with E-state index >= 15 is 0 Å². The van der Waals surface area contributed by atoms with Crippen molar-refractivity contribution in [3.63, 3.8) is 0 Å². The molecule has 0 saturated carbocycles. The number of aromatic hydroxyl groups is 2. The molecule has 2 saturated heterocycles. The molecule has 5 heterocycles. The van der Waals surface area contributed by atoms with E-state index in [1.165, 1.54) is 33.4 Å². The lowest BCUT2D eigenvalue weighted by atomic mass is 9.65. The lowest BCUT2D eigenvalue weighted by Gasteiger charge is -2.43. The molecule has 0 spiro atoms. The van der Waals surface area contributed by atoms with Crippen LogP contribution in [-0.2, 0) is 60.1 Å². The van der Waals surface area contributed by atoms with Crippen molar-refractivity contribution in [3.05, 3.63) is 260 Å². The number of phenols is 2. The number of piperazine rings is 1. The summed E-state index contributed by atoms with van der Waals surface area (Å²) >= 11 is 0. The van der Waals surface area contributed by atoms with Crippen LogP contribution < -0.4 is 15.0 Å². The molecule has 7 atom stereocenters. The topological polar surface area (TPSA) is 204 Å². The highest BCUT2D eigenvalue weighted by Gasteiger charge is 2.41. The first kappa shape index (κ1) is 57.2. The zero-order valence-electron chi connectivity index (χ0n) is 49.4. The highest BCUT2D eigenvalue weighted by Crippen LogP contribution is 2.51. The zero-order chi connectivity index (χ0) is 60.5. The molecule has 16 heteroatoms. The van der Waals surface area contributed by atoms with E-state index in [9.17, 15) is 29.7 Å². The molecule has 2 aromatic heterocycles. The van der Waals surface area contributed by atoms with Crippen LogP contribution in [0.1, 0.15) is 145 Å². The number of aromatic nitrogens is 4. The predicted octanol–water partition coefficient (Wildman–Crippen LogP) is 10.9. The molecule has 14 rings (SSSR count). The number of imide groups is 1. The van der Waals surface area contributed by atoms with Gasteiger partial charge in [-0.1, -0.05) is 84.9 Å². The van der Waals surface area contributed by atoms with Gasteiger partial charge in [-0.05, 0) is 203 Å². The number of carbonyl (C=O) groups is 3. The molecule has 8 aromatic rings. The van der Waals surface area contributed by atoms with Gasteiger partial charge in [0.15, 0.2) is 0 Å². The van der Waals surface area contributed by atoms with Crippen molar-refractivity contribution in [2.75, 3.05) is 24.5 Å². The van der Waals surface area contributed by atoms with E-state index in [0.29, 0.717) is 73.5 Å². The number of nitrogens with one attached hydrogen (secondary N) is 1. The Morgan fingerprint density at radius 3 is 2.01 bits per heavy atom. The molecule has 89 heavy (non-hydrogen) atoms. The summed E-state index contributed by atoms with van der Waals surface area (Å²) in [6.45, 7) is 3.25. The first-order chi connectivity index (χ1) is 43.5. The molecular weight excluding hydrogens is 1120 g/mol. The van der Waals surface area contributed by atoms with Gasteiger partial charge in [-0.3, -0.25) is 24.6 Å². The van der Waals surface area contributed by atoms with Gasteiger partial charge in [0.25, 0.3) is 5.91 Å². The van der Waals surface area contributed by atoms with Crippen molar-refractivity contribution in [1.29, 1.82) is 0 Å². The number of rotatable bonds is 16. The number of benzene rings is 6. The van der Waals surface area contributed by atoms with Gasteiger partial charge in [0.05, 0.1) is 24.0 Å². The van der Waals surface area contributed by atoms with E-state index in [-0.39, 0.29) is 73.5 Å². The van der Waals surface area contributed by atoms with Crippen LogP contribution in [0.25, 0.3) is 0 Å². The number of aliphatic hydroxyl groups is 1. The average Bonchev–Trinajstić information content (AvgIpc) is 2.11. The average molecular weight is 1190 g/mol. The van der Waals surface area contributed by atoms with Crippen LogP contribution in [0, 0.1) is 5.92 Å². The monoisotopic (exact) mass is 1190 g/mol. The number of piperidine rings is 1. The number of carbonyl (C=O) groups excluding carboxylic acids is 3. The van der Waals surface area contributed by atoms with Gasteiger partial charge in [-0.15, -0.1) is 0 Å². The van der Waals surface area contributed by atoms with E-state index in [0.717, 1.165) is 71.6 Å². The number of nitrogens with zero attached hydrogens (tertiary/aromatic N) is 7. The molecule has 6 aromatic carbocycles. The van der Waals surface area contributed by atoms with Gasteiger partial charge in [-0.2, -0.15) is 20.4 Å². The normalized spacial score (nSPS) is 22.4. The molecule has 2 fully saturated rings. The maximum atomic E-state index is 13.8. The van der Waals surface area contributed by atoms with Crippen LogP contribution in [0.15, 0.2) is 182 Å². The number of anilines is 1. The predicted molar refractivity (Wildman–Crippen MR) is 335 cm³/mol. The Kier molecular flexibility index (Phi) is 16.0. The molecule has 6 aliphatic rings. The Hall–Kier alpha value is -9.51. The van der Waals surface area contributed by atoms with E-state index < -0.39 is 11.9 Å². The number of hydrogen-bond donors (Lipinski definition) is 4. The third kappa shape index (κ3) is 12.0. The zero-order valence-corrected chi connectivity index (χ0v) is 49.4. The van der Waals surface area contributed by atoms with Gasteiger partial charge in [0.1, 0.15) is 53.7 Å². The smallest absolute Gasteiger partial charge is 0.255 e. The fourth-order valence-electron chi connectivity index (χ4n) is 14.7. The third-order valence-electron chi connectivity index (χ3n) is 19.2. The maximum Gasteiger partial charge on any atom is 0.255 e. The highest BCUT2D eigenvalue weighted by atomic mass is 16.5. The van der Waals surface area contributed by atoms with Crippen LogP contribution in [0.3, 0.4) is 0 Å². The van der Waals surface area contributed by atoms with Crippen LogP contribution in [0.4, 0.5) is 5.69 Å². The minimum absolute atomic E-state index is 0.0159. The van der Waals surface area contributed by atoms with Gasteiger partial charge in [0.2, 0.25) is 11.8 Å². The number of phenolic OH excluding ortho intramolecular Hbond substituents is 2. The first-order valence-corrected chi connectivity index (χ1v) is 31.1. The number of amides is 3. The number of aliphatic hydroxyl groups excluding tert-OH is 1. The quantitative estimate of drug-likeness (QED) is 0.0665. The van der Waals surface area contributed by atoms with Crippen molar-refractivity contribution in [2.45, 2.75) is 114 Å². The largest absolute Gasteiger partial charge is 0.508 e. The maximum absolute atomic E-state index is 13.8. The summed E-state index contributed by atoms with van der Waals surface area (Å²) in [6.07, 6.45) is 11.6. The van der Waals surface area contributed by atoms with Crippen molar-refractivity contribution >= 4 is 23.4 Å². The molecule has 3 aliphatic heterocycles. The van der Waals surface area contributed by atoms with E-state index in [1.54, 1.807) is 23.1 Å². The molecule has 3 aliphatic carbocycles. The Morgan fingerprint density at radius 2 is 1.28 bits per heavy atom. The SMILES string of the molecule is O=C1CCC(N2Cc3cc(N4CCN(Cc5ccc(COC6=CCC([C@@H]7c8ccc(O)cc8CC[C@@H]7c7ccccc7)C=C6)nn5)C(c5cccc([C@H]6CCc7cc(O)ccc7[C@H]6c6ccc(OCc7ccc(CO)nn7)cc6)c5)C4)ccc3C2=O)C(=O)N1. The summed E-state index contributed by atoms with van der Waals surface area (Å²) in [4.78, 5) is 45.3. The van der Waals surface area contributed by atoms with Gasteiger partial charge >= 0.3 is 0 Å². The molecule has 16 nitrogen and oxygen atoms in total. The van der Waals surface area contributed by atoms with Crippen LogP contribution in [-0.4, -0.2) is 88.9 Å². The number of hydrogen-bond acceptors (Lipinski definition) is 14. The number of allylic oxidation sites excluding steroid dienone is 3. The first-order valence-electron chi connectivity index (χ1n) is 31.1. The van der Waals surface area contributed by atoms with E-state index in [2.05, 4.69) is 135 Å². The van der Waals surface area contributed by atoms with E-state index in [1.807, 2.05) is 48.5 Å². The summed E-state index contributed by atoms with van der Waals surface area (Å²) < 4.78 is 12.6. The summed E-state index contributed by atoms with van der Waals surface area (Å²) in [6, 6.07) is 52.6. The van der Waals surface area contributed by atoms with Gasteiger partial charge < -0.3 is 34.6 Å². The molecule has 3 unspecified atom stereocenters. The minimum Gasteiger partial charge on any atom is -0.508 e. The lowest BCUT2D eigenvalue weighted by molar-refractivity contribution is -0.136. The second-order valence-electron chi connectivity index (χ2n) is 24.5. The second-order valence-corrected chi connectivity index (χ2v) is 24.5. The molecule has 0 bridgehead atoms. The highest BCUT2D eigenvalue weighted by molar-refractivity contribution is 6.05. The fraction of sp³-hybridized carbons (Fsp3) is 0.301. The fourth-order valence-corrected chi connectivity index (χ4v) is 14.7. The summed E-state index contributed by atoms with van der Waals surface area (Å²) in [5, 5.41) is 50.7. The molecule has 0 radical (unpaired) electrons. The summed E-state index contributed by atoms with van der Waals surface area (Å²) in [7, 11) is 0. The summed E-state index contributed by atoms with van der Waals surface area (Å²) in [5.41, 5.74) is 14.9. The third-order valence-corrected chi connectivity index (χ3v) is 19.2. The van der Waals surface area contributed by atoms with E-state index in [4.69, 9.17) is 19.7 Å². The van der Waals surface area contributed by atoms with Crippen molar-refractivity contribution in [3.8, 4) is 17.2 Å². The molecule has 3 amide bonds. The van der Waals surface area contributed by atoms with Crippen LogP contribution in [0.2, 0.25) is 0 Å². The minimum atomic E-state index is -0.694. The lowest BCUT2D eigenvalue weighted by Crippen LogP contribution is -2.52. The number of aryl methyl sites for hydroxylation is 2. The van der Waals surface area contributed by atoms with Gasteiger partial charge in [-0.25, -0.2) is 0 Å². The van der Waals surface area contributed by atoms with Crippen molar-refractivity contribution in [1.82, 2.24) is 35.5 Å². The molecule has 450 valence electrons. The van der Waals surface area contributed by atoms with Crippen molar-refractivity contribution in [2.24, 2.45) is 5.92 Å².